The lowest BCUT2D eigenvalue weighted by Gasteiger charge is -2.09. The van der Waals surface area contributed by atoms with Gasteiger partial charge in [-0.2, -0.15) is 0 Å². The van der Waals surface area contributed by atoms with Crippen LogP contribution in [0.5, 0.6) is 0 Å². The lowest BCUT2D eigenvalue weighted by atomic mass is 9.95. The van der Waals surface area contributed by atoms with Gasteiger partial charge in [-0.3, -0.25) is 0 Å². The Kier molecular flexibility index (Phi) is 6.42. The zero-order valence-electron chi connectivity index (χ0n) is 27.9. The molecule has 11 rings (SSSR count). The molecule has 0 spiro atoms. The fourth-order valence-electron chi connectivity index (χ4n) is 7.70. The number of thiophene rings is 1. The van der Waals surface area contributed by atoms with Crippen molar-refractivity contribution in [1.82, 2.24) is 9.97 Å². The summed E-state index contributed by atoms with van der Waals surface area (Å²) in [4.78, 5) is 10.6. The van der Waals surface area contributed by atoms with Crippen LogP contribution < -0.4 is 0 Å². The molecule has 0 fully saturated rings. The molecule has 0 bridgehead atoms. The van der Waals surface area contributed by atoms with E-state index in [1.54, 1.807) is 11.3 Å². The third-order valence-corrected chi connectivity index (χ3v) is 11.4. The molecule has 242 valence electrons. The Bertz CT molecular complexity index is 3180. The summed E-state index contributed by atoms with van der Waals surface area (Å²) in [6.45, 7) is 0. The van der Waals surface area contributed by atoms with Crippen molar-refractivity contribution in [3.63, 3.8) is 0 Å². The number of benzene rings is 8. The van der Waals surface area contributed by atoms with E-state index in [1.807, 2.05) is 0 Å². The monoisotopic (exact) mass is 680 g/mol. The van der Waals surface area contributed by atoms with Crippen LogP contribution in [0, 0.1) is 0 Å². The average molecular weight is 681 g/mol. The molecule has 0 saturated heterocycles. The van der Waals surface area contributed by atoms with Crippen LogP contribution in [-0.4, -0.2) is 9.97 Å². The summed E-state index contributed by atoms with van der Waals surface area (Å²) in [6.07, 6.45) is 0. The van der Waals surface area contributed by atoms with Crippen LogP contribution in [0.2, 0.25) is 0 Å². The van der Waals surface area contributed by atoms with Crippen LogP contribution >= 0.6 is 11.3 Å². The van der Waals surface area contributed by atoms with Crippen molar-refractivity contribution in [2.24, 2.45) is 0 Å². The van der Waals surface area contributed by atoms with E-state index in [2.05, 4.69) is 170 Å². The molecule has 11 aromatic rings. The Balaban J connectivity index is 1.11. The van der Waals surface area contributed by atoms with Gasteiger partial charge < -0.3 is 4.42 Å². The molecule has 0 aliphatic heterocycles. The van der Waals surface area contributed by atoms with Crippen LogP contribution in [0.4, 0.5) is 0 Å². The fraction of sp³-hybridized carbons (Fsp3) is 0. The van der Waals surface area contributed by atoms with E-state index < -0.39 is 0 Å². The van der Waals surface area contributed by atoms with Gasteiger partial charge in [-0.1, -0.05) is 133 Å². The third-order valence-electron chi connectivity index (χ3n) is 10.3. The number of rotatable bonds is 4. The first-order valence-electron chi connectivity index (χ1n) is 17.5. The Labute approximate surface area is 303 Å². The highest BCUT2D eigenvalue weighted by Gasteiger charge is 2.20. The number of hydrogen-bond donors (Lipinski definition) is 0. The zero-order valence-corrected chi connectivity index (χ0v) is 28.7. The zero-order chi connectivity index (χ0) is 34.2. The van der Waals surface area contributed by atoms with Crippen molar-refractivity contribution in [3.8, 4) is 44.9 Å². The minimum absolute atomic E-state index is 0.697. The number of aromatic nitrogens is 2. The second kappa shape index (κ2) is 11.5. The van der Waals surface area contributed by atoms with E-state index in [9.17, 15) is 0 Å². The summed E-state index contributed by atoms with van der Waals surface area (Å²) in [6, 6.07) is 60.2. The first-order chi connectivity index (χ1) is 25.7. The highest BCUT2D eigenvalue weighted by molar-refractivity contribution is 7.26. The molecule has 4 heteroatoms. The van der Waals surface area contributed by atoms with Crippen molar-refractivity contribution in [3.05, 3.63) is 170 Å². The summed E-state index contributed by atoms with van der Waals surface area (Å²) in [5.41, 5.74) is 10.4. The molecular weight excluding hydrogens is 653 g/mol. The van der Waals surface area contributed by atoms with Gasteiger partial charge in [0.1, 0.15) is 11.2 Å². The quantitative estimate of drug-likeness (QED) is 0.186. The molecule has 0 amide bonds. The van der Waals surface area contributed by atoms with Crippen LogP contribution in [0.15, 0.2) is 174 Å². The topological polar surface area (TPSA) is 38.9 Å². The minimum atomic E-state index is 0.697. The van der Waals surface area contributed by atoms with Gasteiger partial charge >= 0.3 is 0 Å². The molecule has 3 aromatic heterocycles. The number of fused-ring (bicyclic) bond motifs is 9. The summed E-state index contributed by atoms with van der Waals surface area (Å²) in [7, 11) is 0. The molecule has 0 aliphatic carbocycles. The van der Waals surface area contributed by atoms with E-state index >= 15 is 0 Å². The second-order valence-corrected chi connectivity index (χ2v) is 14.4. The fourth-order valence-corrected chi connectivity index (χ4v) is 8.86. The van der Waals surface area contributed by atoms with Crippen molar-refractivity contribution >= 4 is 75.1 Å². The van der Waals surface area contributed by atoms with Crippen LogP contribution in [0.1, 0.15) is 0 Å². The highest BCUT2D eigenvalue weighted by Crippen LogP contribution is 2.44. The number of furan rings is 1. The standard InChI is InChI=1S/C48H28N2OS/c1-2-11-31(12-3-1)39-27-35-14-6-7-15-37(35)46-43(39)40-28-36(24-25-41(40)51-46)48-49-44(47-45(50-48)38-16-8-9-17-42(38)52-47)32-21-18-30(19-22-32)34-23-20-29-10-4-5-13-33(29)26-34/h1-28H. The summed E-state index contributed by atoms with van der Waals surface area (Å²) < 4.78 is 8.96. The predicted molar refractivity (Wildman–Crippen MR) is 219 cm³/mol. The first-order valence-corrected chi connectivity index (χ1v) is 18.3. The maximum Gasteiger partial charge on any atom is 0.160 e. The predicted octanol–water partition coefficient (Wildman–Crippen LogP) is 13.7. The summed E-state index contributed by atoms with van der Waals surface area (Å²) >= 11 is 1.76. The smallest absolute Gasteiger partial charge is 0.160 e. The van der Waals surface area contributed by atoms with E-state index in [0.717, 1.165) is 76.3 Å². The largest absolute Gasteiger partial charge is 0.455 e. The Morgan fingerprint density at radius 3 is 2.00 bits per heavy atom. The van der Waals surface area contributed by atoms with Crippen molar-refractivity contribution in [2.75, 3.05) is 0 Å². The second-order valence-electron chi connectivity index (χ2n) is 13.3. The van der Waals surface area contributed by atoms with Gasteiger partial charge in [0, 0.05) is 37.4 Å². The molecular formula is C48H28N2OS. The molecule has 52 heavy (non-hydrogen) atoms. The van der Waals surface area contributed by atoms with Gasteiger partial charge in [-0.05, 0) is 74.8 Å². The maximum absolute atomic E-state index is 6.66. The van der Waals surface area contributed by atoms with Crippen molar-refractivity contribution in [2.45, 2.75) is 0 Å². The first kappa shape index (κ1) is 29.1. The van der Waals surface area contributed by atoms with Gasteiger partial charge in [-0.25, -0.2) is 9.97 Å². The lowest BCUT2D eigenvalue weighted by Crippen LogP contribution is -1.93. The minimum Gasteiger partial charge on any atom is -0.455 e. The molecule has 0 aliphatic rings. The van der Waals surface area contributed by atoms with Crippen molar-refractivity contribution in [1.29, 1.82) is 0 Å². The van der Waals surface area contributed by atoms with E-state index in [4.69, 9.17) is 14.4 Å². The van der Waals surface area contributed by atoms with E-state index in [-0.39, 0.29) is 0 Å². The summed E-state index contributed by atoms with van der Waals surface area (Å²) in [5, 5.41) is 8.05. The van der Waals surface area contributed by atoms with Gasteiger partial charge in [0.25, 0.3) is 0 Å². The Morgan fingerprint density at radius 2 is 1.13 bits per heavy atom. The number of hydrogen-bond acceptors (Lipinski definition) is 4. The van der Waals surface area contributed by atoms with Crippen LogP contribution in [-0.2, 0) is 0 Å². The molecule has 0 unspecified atom stereocenters. The van der Waals surface area contributed by atoms with Crippen molar-refractivity contribution < 1.29 is 4.42 Å². The molecule has 0 N–H and O–H groups in total. The van der Waals surface area contributed by atoms with Gasteiger partial charge in [0.05, 0.1) is 15.9 Å². The van der Waals surface area contributed by atoms with Crippen LogP contribution in [0.25, 0.3) is 109 Å². The molecule has 0 saturated carbocycles. The lowest BCUT2D eigenvalue weighted by molar-refractivity contribution is 0.673. The highest BCUT2D eigenvalue weighted by atomic mass is 32.1. The van der Waals surface area contributed by atoms with E-state index in [1.165, 1.54) is 26.6 Å². The molecule has 3 nitrogen and oxygen atoms in total. The number of nitrogens with zero attached hydrogens (tertiary/aromatic N) is 2. The molecule has 8 aromatic carbocycles. The normalized spacial score (nSPS) is 11.8. The van der Waals surface area contributed by atoms with E-state index in [0.29, 0.717) is 5.82 Å². The molecule has 3 heterocycles. The van der Waals surface area contributed by atoms with Gasteiger partial charge in [-0.15, -0.1) is 11.3 Å². The SMILES string of the molecule is c1ccc(-c2cc3ccccc3c3oc4ccc(-c5nc(-c6ccc(-c7ccc8ccccc8c7)cc6)c6sc7ccccc7c6n5)cc4c23)cc1. The van der Waals surface area contributed by atoms with Gasteiger partial charge in [0.2, 0.25) is 0 Å². The molecule has 0 atom stereocenters. The van der Waals surface area contributed by atoms with Crippen LogP contribution in [0.3, 0.4) is 0 Å². The third kappa shape index (κ3) is 4.58. The van der Waals surface area contributed by atoms with Gasteiger partial charge in [0.15, 0.2) is 5.82 Å². The Hall–Kier alpha value is -6.62. The Morgan fingerprint density at radius 1 is 0.442 bits per heavy atom. The molecule has 0 radical (unpaired) electrons. The summed E-state index contributed by atoms with van der Waals surface area (Å²) in [5.74, 6) is 0.697. The average Bonchev–Trinajstić information content (AvgIpc) is 3.79. The maximum atomic E-state index is 6.66.